The molecule has 3 nitrogen and oxygen atoms in total. The molecule has 0 saturated carbocycles. The number of halogens is 2. The van der Waals surface area contributed by atoms with Crippen molar-refractivity contribution in [2.24, 2.45) is 0 Å². The van der Waals surface area contributed by atoms with Crippen molar-refractivity contribution in [2.45, 2.75) is 19.8 Å². The fraction of sp³-hybridized carbons (Fsp3) is 0.467. The summed E-state index contributed by atoms with van der Waals surface area (Å²) in [6.07, 6.45) is 0.891. The van der Waals surface area contributed by atoms with Crippen LogP contribution in [0.3, 0.4) is 0 Å². The average molecular weight is 333 g/mol. The third-order valence-corrected chi connectivity index (χ3v) is 4.66. The van der Waals surface area contributed by atoms with Gasteiger partial charge >= 0.3 is 0 Å². The quantitative estimate of drug-likeness (QED) is 0.438. The molecule has 0 aliphatic carbocycles. The lowest BCUT2D eigenvalue weighted by Crippen LogP contribution is -2.12. The average Bonchev–Trinajstić information content (AvgIpc) is 2.46. The molecule has 0 unspecified atom stereocenters. The normalized spacial score (nSPS) is 10.8. The summed E-state index contributed by atoms with van der Waals surface area (Å²) in [7, 11) is -3.02. The molecule has 0 aliphatic heterocycles. The van der Waals surface area contributed by atoms with Crippen molar-refractivity contribution in [3.05, 3.63) is 29.6 Å². The van der Waals surface area contributed by atoms with Gasteiger partial charge in [0.15, 0.2) is 11.6 Å². The number of hydrogen-bond acceptors (Lipinski definition) is 3. The molecule has 0 N–H and O–H groups in total. The van der Waals surface area contributed by atoms with Crippen molar-refractivity contribution in [1.82, 2.24) is 0 Å². The maximum absolute atomic E-state index is 13.6. The van der Waals surface area contributed by atoms with Crippen LogP contribution in [-0.4, -0.2) is 32.4 Å². The zero-order chi connectivity index (χ0) is 15.7. The van der Waals surface area contributed by atoms with Crippen LogP contribution in [0.4, 0.5) is 4.39 Å². The SMILES string of the molecule is CCS(=O)(=O)CCCOc1cc(C#CCCCl)ccc1F. The van der Waals surface area contributed by atoms with Crippen LogP contribution in [0.5, 0.6) is 5.75 Å². The summed E-state index contributed by atoms with van der Waals surface area (Å²) in [4.78, 5) is 0. The first kappa shape index (κ1) is 17.8. The van der Waals surface area contributed by atoms with Gasteiger partial charge in [0.1, 0.15) is 9.84 Å². The Balaban J connectivity index is 2.59. The largest absolute Gasteiger partial charge is 0.490 e. The summed E-state index contributed by atoms with van der Waals surface area (Å²) < 4.78 is 41.5. The molecule has 0 radical (unpaired) electrons. The van der Waals surface area contributed by atoms with Gasteiger partial charge in [-0.05, 0) is 24.6 Å². The summed E-state index contributed by atoms with van der Waals surface area (Å²) in [5, 5.41) is 0. The maximum atomic E-state index is 13.6. The van der Waals surface area contributed by atoms with Gasteiger partial charge in [-0.3, -0.25) is 0 Å². The van der Waals surface area contributed by atoms with E-state index in [1.165, 1.54) is 12.1 Å². The van der Waals surface area contributed by atoms with Gasteiger partial charge in [0, 0.05) is 23.6 Å². The zero-order valence-electron chi connectivity index (χ0n) is 11.9. The second-order valence-corrected chi connectivity index (χ2v) is 7.18. The van der Waals surface area contributed by atoms with Gasteiger partial charge in [0.05, 0.1) is 12.4 Å². The fourth-order valence-electron chi connectivity index (χ4n) is 1.51. The molecular formula is C15H18ClFO3S. The summed E-state index contributed by atoms with van der Waals surface area (Å²) >= 11 is 5.52. The number of ether oxygens (including phenoxy) is 1. The van der Waals surface area contributed by atoms with Crippen LogP contribution in [-0.2, 0) is 9.84 Å². The number of alkyl halides is 1. The van der Waals surface area contributed by atoms with E-state index < -0.39 is 15.7 Å². The van der Waals surface area contributed by atoms with Crippen molar-refractivity contribution in [3.8, 4) is 17.6 Å². The smallest absolute Gasteiger partial charge is 0.165 e. The van der Waals surface area contributed by atoms with Crippen molar-refractivity contribution >= 4 is 21.4 Å². The topological polar surface area (TPSA) is 43.4 Å². The Morgan fingerprint density at radius 1 is 1.38 bits per heavy atom. The molecule has 6 heteroatoms. The number of rotatable bonds is 7. The molecular weight excluding hydrogens is 315 g/mol. The van der Waals surface area contributed by atoms with E-state index in [1.807, 2.05) is 0 Å². The highest BCUT2D eigenvalue weighted by molar-refractivity contribution is 7.91. The molecule has 1 aromatic carbocycles. The summed E-state index contributed by atoms with van der Waals surface area (Å²) in [6.45, 7) is 1.74. The lowest BCUT2D eigenvalue weighted by atomic mass is 10.2. The van der Waals surface area contributed by atoms with Crippen LogP contribution in [0.2, 0.25) is 0 Å². The standard InChI is InChI=1S/C15H18ClFO3S/c1-2-21(18,19)11-5-10-20-15-12-13(6-3-4-9-16)7-8-14(15)17/h7-8,12H,2,4-5,9-11H2,1H3. The molecule has 1 aromatic rings. The number of benzene rings is 1. The van der Waals surface area contributed by atoms with E-state index in [1.54, 1.807) is 13.0 Å². The predicted molar refractivity (Wildman–Crippen MR) is 83.1 cm³/mol. The molecule has 0 aliphatic rings. The third kappa shape index (κ3) is 6.83. The molecule has 116 valence electrons. The first-order valence-corrected chi connectivity index (χ1v) is 9.01. The van der Waals surface area contributed by atoms with Gasteiger partial charge < -0.3 is 4.74 Å². The Labute approximate surface area is 130 Å². The van der Waals surface area contributed by atoms with Crippen LogP contribution in [0.25, 0.3) is 0 Å². The Bertz CT molecular complexity index is 618. The van der Waals surface area contributed by atoms with Crippen molar-refractivity contribution in [1.29, 1.82) is 0 Å². The third-order valence-electron chi connectivity index (χ3n) is 2.68. The van der Waals surface area contributed by atoms with E-state index in [9.17, 15) is 12.8 Å². The Morgan fingerprint density at radius 3 is 2.81 bits per heavy atom. The van der Waals surface area contributed by atoms with Crippen molar-refractivity contribution in [3.63, 3.8) is 0 Å². The number of hydrogen-bond donors (Lipinski definition) is 0. The highest BCUT2D eigenvalue weighted by atomic mass is 35.5. The van der Waals surface area contributed by atoms with E-state index in [-0.39, 0.29) is 23.9 Å². The molecule has 0 heterocycles. The highest BCUT2D eigenvalue weighted by Crippen LogP contribution is 2.18. The predicted octanol–water partition coefficient (Wildman–Crippen LogP) is 3.01. The number of sulfone groups is 1. The molecule has 0 aromatic heterocycles. The molecule has 0 spiro atoms. The summed E-state index contributed by atoms with van der Waals surface area (Å²) in [5.41, 5.74) is 0.637. The van der Waals surface area contributed by atoms with Crippen LogP contribution in [0.1, 0.15) is 25.3 Å². The lowest BCUT2D eigenvalue weighted by Gasteiger charge is -2.07. The maximum Gasteiger partial charge on any atom is 0.165 e. The van der Waals surface area contributed by atoms with E-state index in [0.29, 0.717) is 24.3 Å². The molecule has 0 bridgehead atoms. The first-order valence-electron chi connectivity index (χ1n) is 6.66. The first-order chi connectivity index (χ1) is 9.98. The minimum absolute atomic E-state index is 0.0420. The fourth-order valence-corrected chi connectivity index (χ4v) is 2.45. The molecule has 1 rings (SSSR count). The minimum atomic E-state index is -3.02. The Kier molecular flexibility index (Phi) is 7.55. The van der Waals surface area contributed by atoms with Gasteiger partial charge in [0.25, 0.3) is 0 Å². The minimum Gasteiger partial charge on any atom is -0.490 e. The molecule has 0 atom stereocenters. The van der Waals surface area contributed by atoms with Gasteiger partial charge in [-0.1, -0.05) is 18.8 Å². The molecule has 0 fully saturated rings. The van der Waals surface area contributed by atoms with E-state index in [0.717, 1.165) is 0 Å². The summed E-state index contributed by atoms with van der Waals surface area (Å²) in [6, 6.07) is 4.35. The monoisotopic (exact) mass is 332 g/mol. The molecule has 21 heavy (non-hydrogen) atoms. The highest BCUT2D eigenvalue weighted by Gasteiger charge is 2.08. The zero-order valence-corrected chi connectivity index (χ0v) is 13.4. The summed E-state index contributed by atoms with van der Waals surface area (Å²) in [5.74, 6) is 5.90. The van der Waals surface area contributed by atoms with Crippen LogP contribution >= 0.6 is 11.6 Å². The van der Waals surface area contributed by atoms with E-state index in [4.69, 9.17) is 16.3 Å². The van der Waals surface area contributed by atoms with Gasteiger partial charge in [-0.2, -0.15) is 0 Å². The molecule has 0 amide bonds. The molecule has 0 saturated heterocycles. The van der Waals surface area contributed by atoms with Crippen LogP contribution in [0, 0.1) is 17.7 Å². The van der Waals surface area contributed by atoms with Crippen LogP contribution < -0.4 is 4.74 Å². The van der Waals surface area contributed by atoms with Gasteiger partial charge in [0.2, 0.25) is 0 Å². The Morgan fingerprint density at radius 2 is 2.14 bits per heavy atom. The second-order valence-electron chi connectivity index (χ2n) is 4.32. The van der Waals surface area contributed by atoms with Crippen molar-refractivity contribution < 1.29 is 17.5 Å². The van der Waals surface area contributed by atoms with E-state index in [2.05, 4.69) is 11.8 Å². The van der Waals surface area contributed by atoms with Crippen molar-refractivity contribution in [2.75, 3.05) is 24.0 Å². The lowest BCUT2D eigenvalue weighted by molar-refractivity contribution is 0.301. The Hall–Kier alpha value is -1.25. The van der Waals surface area contributed by atoms with Crippen LogP contribution in [0.15, 0.2) is 18.2 Å². The van der Waals surface area contributed by atoms with Gasteiger partial charge in [-0.25, -0.2) is 12.8 Å². The van der Waals surface area contributed by atoms with E-state index >= 15 is 0 Å². The van der Waals surface area contributed by atoms with Gasteiger partial charge in [-0.15, -0.1) is 11.6 Å². The second kappa shape index (κ2) is 8.91.